The van der Waals surface area contributed by atoms with Crippen LogP contribution in [0.25, 0.3) is 0 Å². The molecule has 2 heterocycles. The van der Waals surface area contributed by atoms with Crippen molar-refractivity contribution in [2.24, 2.45) is 0 Å². The third kappa shape index (κ3) is 0.498. The van der Waals surface area contributed by atoms with Crippen molar-refractivity contribution in [3.8, 4) is 0 Å². The zero-order valence-electron chi connectivity index (χ0n) is 4.79. The van der Waals surface area contributed by atoms with Crippen LogP contribution in [0.1, 0.15) is 12.8 Å². The molecule has 2 atom stereocenters. The van der Waals surface area contributed by atoms with E-state index in [1.54, 1.807) is 0 Å². The summed E-state index contributed by atoms with van der Waals surface area (Å²) < 4.78 is 5.00. The highest BCUT2D eigenvalue weighted by Crippen LogP contribution is 2.28. The van der Waals surface area contributed by atoms with Crippen molar-refractivity contribution in [2.75, 3.05) is 0 Å². The van der Waals surface area contributed by atoms with E-state index in [4.69, 9.17) is 4.74 Å². The van der Waals surface area contributed by atoms with Crippen LogP contribution in [-0.4, -0.2) is 23.8 Å². The zero-order valence-corrected chi connectivity index (χ0v) is 4.79. The lowest BCUT2D eigenvalue weighted by Gasteiger charge is -1.99. The number of fused-ring (bicyclic) bond motifs is 2. The van der Waals surface area contributed by atoms with Gasteiger partial charge in [0.05, 0.1) is 0 Å². The van der Waals surface area contributed by atoms with Crippen LogP contribution in [0.15, 0.2) is 0 Å². The average molecular weight is 126 g/mol. The molecular formula is C6H6O3. The molecule has 2 rings (SSSR count). The van der Waals surface area contributed by atoms with Crippen LogP contribution in [-0.2, 0) is 14.3 Å². The van der Waals surface area contributed by atoms with E-state index in [0.29, 0.717) is 0 Å². The molecule has 2 aliphatic rings. The molecule has 0 radical (unpaired) electrons. The highest BCUT2D eigenvalue weighted by Gasteiger charge is 2.47. The minimum absolute atomic E-state index is 0.314. The average Bonchev–Trinajstić information content (AvgIpc) is 2.37. The highest BCUT2D eigenvalue weighted by molar-refractivity contribution is 6.42. The van der Waals surface area contributed by atoms with Crippen molar-refractivity contribution in [1.82, 2.24) is 0 Å². The van der Waals surface area contributed by atoms with Gasteiger partial charge >= 0.3 is 0 Å². The first-order chi connectivity index (χ1) is 4.29. The molecule has 0 amide bonds. The van der Waals surface area contributed by atoms with Crippen molar-refractivity contribution < 1.29 is 14.3 Å². The van der Waals surface area contributed by atoms with Gasteiger partial charge in [0.1, 0.15) is 12.2 Å². The molecule has 2 unspecified atom stereocenters. The third-order valence-corrected chi connectivity index (χ3v) is 1.85. The Morgan fingerprint density at radius 1 is 1.11 bits per heavy atom. The Bertz CT molecular complexity index is 165. The fraction of sp³-hybridized carbons (Fsp3) is 0.667. The minimum atomic E-state index is -0.373. The van der Waals surface area contributed by atoms with Gasteiger partial charge in [-0.2, -0.15) is 0 Å². The van der Waals surface area contributed by atoms with E-state index >= 15 is 0 Å². The van der Waals surface area contributed by atoms with E-state index in [2.05, 4.69) is 0 Å². The third-order valence-electron chi connectivity index (χ3n) is 1.85. The maximum atomic E-state index is 10.7. The molecule has 2 bridgehead atoms. The number of hydrogen-bond acceptors (Lipinski definition) is 3. The van der Waals surface area contributed by atoms with Gasteiger partial charge in [0.2, 0.25) is 11.6 Å². The number of Topliss-reactive ketones (excluding diaryl/α,β-unsaturated/α-hetero) is 2. The zero-order chi connectivity index (χ0) is 6.43. The first kappa shape index (κ1) is 5.11. The maximum absolute atomic E-state index is 10.7. The van der Waals surface area contributed by atoms with Crippen LogP contribution in [0.3, 0.4) is 0 Å². The van der Waals surface area contributed by atoms with Crippen molar-refractivity contribution in [3.05, 3.63) is 0 Å². The first-order valence-corrected chi connectivity index (χ1v) is 3.02. The monoisotopic (exact) mass is 126 g/mol. The molecule has 0 saturated carbocycles. The standard InChI is InChI=1S/C6H6O3/c7-5-3-1-2-4(9-3)6(5)8/h3-4H,1-2H2. The second-order valence-electron chi connectivity index (χ2n) is 2.42. The smallest absolute Gasteiger partial charge is 0.229 e. The van der Waals surface area contributed by atoms with E-state index in [1.165, 1.54) is 0 Å². The predicted octanol–water partition coefficient (Wildman–Crippen LogP) is -0.314. The van der Waals surface area contributed by atoms with Crippen molar-refractivity contribution >= 4 is 11.6 Å². The topological polar surface area (TPSA) is 43.4 Å². The number of carbonyl (C=O) groups is 2. The van der Waals surface area contributed by atoms with Crippen LogP contribution in [0, 0.1) is 0 Å². The van der Waals surface area contributed by atoms with Gasteiger partial charge < -0.3 is 4.74 Å². The van der Waals surface area contributed by atoms with E-state index < -0.39 is 0 Å². The molecule has 3 heteroatoms. The van der Waals surface area contributed by atoms with E-state index in [0.717, 1.165) is 12.8 Å². The Kier molecular flexibility index (Phi) is 0.805. The molecule has 0 aromatic heterocycles. The summed E-state index contributed by atoms with van der Waals surface area (Å²) in [6.45, 7) is 0. The lowest BCUT2D eigenvalue weighted by Crippen LogP contribution is -2.26. The molecule has 0 aromatic carbocycles. The Morgan fingerprint density at radius 2 is 1.56 bits per heavy atom. The van der Waals surface area contributed by atoms with Gasteiger partial charge in [-0.05, 0) is 12.8 Å². The molecular weight excluding hydrogens is 120 g/mol. The Hall–Kier alpha value is -0.700. The predicted molar refractivity (Wildman–Crippen MR) is 27.9 cm³/mol. The van der Waals surface area contributed by atoms with Crippen LogP contribution < -0.4 is 0 Å². The lowest BCUT2D eigenvalue weighted by atomic mass is 9.98. The Labute approximate surface area is 52.0 Å². The SMILES string of the molecule is O=C1C(=O)C2CCC1O2. The summed E-state index contributed by atoms with van der Waals surface area (Å²) in [6.07, 6.45) is 0.745. The van der Waals surface area contributed by atoms with Crippen LogP contribution >= 0.6 is 0 Å². The van der Waals surface area contributed by atoms with Crippen molar-refractivity contribution in [2.45, 2.75) is 25.0 Å². The molecule has 0 aromatic rings. The number of carbonyl (C=O) groups excluding carboxylic acids is 2. The molecule has 48 valence electrons. The summed E-state index contributed by atoms with van der Waals surface area (Å²) in [4.78, 5) is 21.4. The van der Waals surface area contributed by atoms with E-state index in [1.807, 2.05) is 0 Å². The van der Waals surface area contributed by atoms with Crippen LogP contribution in [0.5, 0.6) is 0 Å². The molecule has 0 spiro atoms. The fourth-order valence-electron chi connectivity index (χ4n) is 1.34. The summed E-state index contributed by atoms with van der Waals surface area (Å²) >= 11 is 0. The molecule has 2 aliphatic heterocycles. The van der Waals surface area contributed by atoms with Crippen molar-refractivity contribution in [3.63, 3.8) is 0 Å². The summed E-state index contributed by atoms with van der Waals surface area (Å²) in [5.74, 6) is -0.627. The second-order valence-corrected chi connectivity index (χ2v) is 2.42. The normalized spacial score (nSPS) is 40.4. The molecule has 0 aliphatic carbocycles. The molecule has 3 nitrogen and oxygen atoms in total. The summed E-state index contributed by atoms with van der Waals surface area (Å²) in [5, 5.41) is 0. The number of ketones is 2. The van der Waals surface area contributed by atoms with Gasteiger partial charge in [-0.25, -0.2) is 0 Å². The Morgan fingerprint density at radius 3 is 1.78 bits per heavy atom. The van der Waals surface area contributed by atoms with Gasteiger partial charge in [0.25, 0.3) is 0 Å². The summed E-state index contributed by atoms with van der Waals surface area (Å²) in [6, 6.07) is 0. The van der Waals surface area contributed by atoms with E-state index in [9.17, 15) is 9.59 Å². The largest absolute Gasteiger partial charge is 0.358 e. The number of hydrogen-bond donors (Lipinski definition) is 0. The molecule has 2 saturated heterocycles. The second kappa shape index (κ2) is 1.42. The molecule has 2 fully saturated rings. The molecule has 0 N–H and O–H groups in total. The van der Waals surface area contributed by atoms with Gasteiger partial charge in [-0.15, -0.1) is 0 Å². The number of rotatable bonds is 0. The highest BCUT2D eigenvalue weighted by atomic mass is 16.5. The van der Waals surface area contributed by atoms with Gasteiger partial charge in [0, 0.05) is 0 Å². The minimum Gasteiger partial charge on any atom is -0.358 e. The van der Waals surface area contributed by atoms with Crippen LogP contribution in [0.2, 0.25) is 0 Å². The van der Waals surface area contributed by atoms with Gasteiger partial charge in [0.15, 0.2) is 0 Å². The lowest BCUT2D eigenvalue weighted by molar-refractivity contribution is -0.136. The maximum Gasteiger partial charge on any atom is 0.229 e. The number of ether oxygens (including phenoxy) is 1. The molecule has 9 heavy (non-hydrogen) atoms. The quantitative estimate of drug-likeness (QED) is 0.418. The van der Waals surface area contributed by atoms with Gasteiger partial charge in [-0.1, -0.05) is 0 Å². The fourth-order valence-corrected chi connectivity index (χ4v) is 1.34. The van der Waals surface area contributed by atoms with Crippen molar-refractivity contribution in [1.29, 1.82) is 0 Å². The first-order valence-electron chi connectivity index (χ1n) is 3.02. The van der Waals surface area contributed by atoms with E-state index in [-0.39, 0.29) is 23.8 Å². The van der Waals surface area contributed by atoms with Gasteiger partial charge in [-0.3, -0.25) is 9.59 Å². The summed E-state index contributed by atoms with van der Waals surface area (Å²) in [5.41, 5.74) is 0. The van der Waals surface area contributed by atoms with Crippen LogP contribution in [0.4, 0.5) is 0 Å². The summed E-state index contributed by atoms with van der Waals surface area (Å²) in [7, 11) is 0. The Balaban J connectivity index is 2.35.